The molecule has 2 N–H and O–H groups in total. The Morgan fingerprint density at radius 3 is 2.88 bits per heavy atom. The van der Waals surface area contributed by atoms with E-state index in [1.54, 1.807) is 18.2 Å². The lowest BCUT2D eigenvalue weighted by atomic mass is 10.2. The highest BCUT2D eigenvalue weighted by atomic mass is 32.2. The Labute approximate surface area is 102 Å². The number of hydrogen-bond donors (Lipinski definition) is 3. The van der Waals surface area contributed by atoms with Gasteiger partial charge in [-0.1, -0.05) is 17.4 Å². The summed E-state index contributed by atoms with van der Waals surface area (Å²) in [6.45, 7) is 0. The molecule has 1 aromatic carbocycles. The molecule has 1 amide bonds. The van der Waals surface area contributed by atoms with Gasteiger partial charge in [0.15, 0.2) is 5.13 Å². The second kappa shape index (κ2) is 4.68. The number of hydrogen-bond acceptors (Lipinski definition) is 5. The summed E-state index contributed by atoms with van der Waals surface area (Å²) in [6.07, 6.45) is -1.17. The minimum absolute atomic E-state index is 0.0230. The first-order valence-corrected chi connectivity index (χ1v) is 6.74. The maximum atomic E-state index is 10.6. The third-order valence-electron chi connectivity index (χ3n) is 1.98. The standard InChI is InChI=1S/C9H8N2O4S2/c12-9(13)11-8-10-6-2-1-5(4-17(14)15)3-7(6)16-8/h1-3,17H,4H2,(H,10,11)(H,12,13). The molecule has 1 aromatic heterocycles. The van der Waals surface area contributed by atoms with Crippen molar-refractivity contribution in [3.05, 3.63) is 23.8 Å². The van der Waals surface area contributed by atoms with E-state index in [4.69, 9.17) is 5.11 Å². The fraction of sp³-hybridized carbons (Fsp3) is 0.111. The average Bonchev–Trinajstić information content (AvgIpc) is 2.56. The minimum atomic E-state index is -2.46. The van der Waals surface area contributed by atoms with E-state index in [1.807, 2.05) is 0 Å². The first-order chi connectivity index (χ1) is 8.04. The maximum absolute atomic E-state index is 10.6. The number of nitrogens with zero attached hydrogens (tertiary/aromatic N) is 1. The van der Waals surface area contributed by atoms with E-state index >= 15 is 0 Å². The Bertz CT molecular complexity index is 639. The van der Waals surface area contributed by atoms with E-state index in [1.165, 1.54) is 11.3 Å². The molecule has 0 atom stereocenters. The lowest BCUT2D eigenvalue weighted by molar-refractivity contribution is 0.209. The Balaban J connectivity index is 2.37. The fourth-order valence-electron chi connectivity index (χ4n) is 1.36. The Hall–Kier alpha value is -1.67. The molecule has 0 aliphatic carbocycles. The van der Waals surface area contributed by atoms with Crippen LogP contribution in [0.5, 0.6) is 0 Å². The summed E-state index contributed by atoms with van der Waals surface area (Å²) in [7, 11) is -2.46. The van der Waals surface area contributed by atoms with Gasteiger partial charge in [0.25, 0.3) is 0 Å². The molecule has 90 valence electrons. The van der Waals surface area contributed by atoms with Crippen LogP contribution < -0.4 is 5.32 Å². The molecule has 1 heterocycles. The van der Waals surface area contributed by atoms with Gasteiger partial charge in [0.05, 0.1) is 16.0 Å². The molecule has 17 heavy (non-hydrogen) atoms. The molecule has 0 radical (unpaired) electrons. The molecular formula is C9H8N2O4S2. The summed E-state index contributed by atoms with van der Waals surface area (Å²) >= 11 is 1.17. The van der Waals surface area contributed by atoms with Crippen molar-refractivity contribution in [3.63, 3.8) is 0 Å². The molecule has 8 heteroatoms. The Morgan fingerprint density at radius 2 is 2.24 bits per heavy atom. The van der Waals surface area contributed by atoms with Gasteiger partial charge < -0.3 is 5.11 Å². The van der Waals surface area contributed by atoms with Crippen LogP contribution in [0.3, 0.4) is 0 Å². The molecule has 0 aliphatic rings. The largest absolute Gasteiger partial charge is 0.465 e. The first-order valence-electron chi connectivity index (χ1n) is 4.56. The van der Waals surface area contributed by atoms with Crippen LogP contribution >= 0.6 is 11.3 Å². The number of rotatable bonds is 3. The summed E-state index contributed by atoms with van der Waals surface area (Å²) < 4.78 is 21.9. The van der Waals surface area contributed by atoms with E-state index < -0.39 is 16.8 Å². The fourth-order valence-corrected chi connectivity index (χ4v) is 2.78. The van der Waals surface area contributed by atoms with Crippen LogP contribution in [0.25, 0.3) is 10.2 Å². The number of nitrogens with one attached hydrogen (secondary N) is 1. The number of amides is 1. The van der Waals surface area contributed by atoms with Crippen molar-refractivity contribution in [1.29, 1.82) is 0 Å². The molecule has 0 saturated heterocycles. The number of thiol groups is 1. The predicted octanol–water partition coefficient (Wildman–Crippen LogP) is 1.50. The van der Waals surface area contributed by atoms with Crippen molar-refractivity contribution < 1.29 is 18.3 Å². The van der Waals surface area contributed by atoms with E-state index in [-0.39, 0.29) is 10.9 Å². The average molecular weight is 272 g/mol. The van der Waals surface area contributed by atoms with Crippen molar-refractivity contribution in [1.82, 2.24) is 4.98 Å². The summed E-state index contributed by atoms with van der Waals surface area (Å²) in [5, 5.41) is 11.0. The van der Waals surface area contributed by atoms with Crippen LogP contribution in [0.4, 0.5) is 9.93 Å². The summed E-state index contributed by atoms with van der Waals surface area (Å²) in [5.41, 5.74) is 1.31. The Morgan fingerprint density at radius 1 is 1.47 bits per heavy atom. The van der Waals surface area contributed by atoms with E-state index in [9.17, 15) is 13.2 Å². The van der Waals surface area contributed by atoms with Crippen molar-refractivity contribution in [3.8, 4) is 0 Å². The second-order valence-corrected chi connectivity index (χ2v) is 5.25. The van der Waals surface area contributed by atoms with Gasteiger partial charge >= 0.3 is 6.09 Å². The topological polar surface area (TPSA) is 96.4 Å². The summed E-state index contributed by atoms with van der Waals surface area (Å²) in [5.74, 6) is -0.0230. The van der Waals surface area contributed by atoms with Gasteiger partial charge in [0.2, 0.25) is 0 Å². The zero-order valence-corrected chi connectivity index (χ0v) is 10.1. The number of aromatic nitrogens is 1. The molecule has 2 rings (SSSR count). The van der Waals surface area contributed by atoms with E-state index in [0.29, 0.717) is 11.1 Å². The van der Waals surface area contributed by atoms with Gasteiger partial charge in [-0.25, -0.2) is 18.2 Å². The van der Waals surface area contributed by atoms with Gasteiger partial charge in [-0.05, 0) is 17.7 Å². The monoisotopic (exact) mass is 272 g/mol. The quantitative estimate of drug-likeness (QED) is 0.736. The van der Waals surface area contributed by atoms with Crippen LogP contribution in [0.1, 0.15) is 5.56 Å². The zero-order valence-electron chi connectivity index (χ0n) is 8.41. The normalized spacial score (nSPS) is 10.9. The number of benzene rings is 1. The van der Waals surface area contributed by atoms with E-state index in [2.05, 4.69) is 10.3 Å². The SMILES string of the molecule is O=C(O)Nc1nc2ccc(C[SH](=O)=O)cc2s1. The zero-order chi connectivity index (χ0) is 12.4. The minimum Gasteiger partial charge on any atom is -0.465 e. The third-order valence-corrected chi connectivity index (χ3v) is 3.54. The van der Waals surface area contributed by atoms with Gasteiger partial charge in [-0.3, -0.25) is 5.32 Å². The molecule has 0 saturated carbocycles. The molecule has 0 bridgehead atoms. The van der Waals surface area contributed by atoms with Gasteiger partial charge in [0, 0.05) is 0 Å². The lowest BCUT2D eigenvalue weighted by Gasteiger charge is -1.93. The van der Waals surface area contributed by atoms with Gasteiger partial charge in [-0.15, -0.1) is 0 Å². The summed E-state index contributed by atoms with van der Waals surface area (Å²) in [6, 6.07) is 5.04. The molecule has 0 aliphatic heterocycles. The smallest absolute Gasteiger partial charge is 0.410 e. The molecule has 2 aromatic rings. The number of fused-ring (bicyclic) bond motifs is 1. The van der Waals surface area contributed by atoms with Crippen molar-refractivity contribution in [2.75, 3.05) is 5.32 Å². The number of carbonyl (C=O) groups is 1. The van der Waals surface area contributed by atoms with Gasteiger partial charge in [-0.2, -0.15) is 0 Å². The summed E-state index contributed by atoms with van der Waals surface area (Å²) in [4.78, 5) is 14.5. The Kier molecular flexibility index (Phi) is 3.25. The van der Waals surface area contributed by atoms with Crippen molar-refractivity contribution in [2.24, 2.45) is 0 Å². The van der Waals surface area contributed by atoms with Crippen LogP contribution in [0.15, 0.2) is 18.2 Å². The number of thiazole rings is 1. The third kappa shape index (κ3) is 2.92. The molecule has 0 unspecified atom stereocenters. The first kappa shape index (κ1) is 11.8. The molecule has 6 nitrogen and oxygen atoms in total. The van der Waals surface area contributed by atoms with Crippen LogP contribution in [-0.2, 0) is 16.5 Å². The second-order valence-electron chi connectivity index (χ2n) is 3.24. The van der Waals surface area contributed by atoms with E-state index in [0.717, 1.165) is 4.70 Å². The van der Waals surface area contributed by atoms with Crippen LogP contribution in [-0.4, -0.2) is 24.6 Å². The van der Waals surface area contributed by atoms with Gasteiger partial charge in [0.1, 0.15) is 10.7 Å². The van der Waals surface area contributed by atoms with Crippen LogP contribution in [0.2, 0.25) is 0 Å². The molecule has 0 spiro atoms. The van der Waals surface area contributed by atoms with Crippen molar-refractivity contribution in [2.45, 2.75) is 5.75 Å². The van der Waals surface area contributed by atoms with Crippen molar-refractivity contribution >= 4 is 43.5 Å². The lowest BCUT2D eigenvalue weighted by Crippen LogP contribution is -2.06. The predicted molar refractivity (Wildman–Crippen MR) is 65.3 cm³/mol. The number of carboxylic acid groups (broad SMARTS) is 1. The maximum Gasteiger partial charge on any atom is 0.410 e. The highest BCUT2D eigenvalue weighted by Gasteiger charge is 2.07. The highest BCUT2D eigenvalue weighted by Crippen LogP contribution is 2.26. The highest BCUT2D eigenvalue weighted by molar-refractivity contribution is 7.71. The van der Waals surface area contributed by atoms with Crippen LogP contribution in [0, 0.1) is 0 Å². The molecule has 0 fully saturated rings. The number of anilines is 1. The molecular weight excluding hydrogens is 264 g/mol.